The lowest BCUT2D eigenvalue weighted by atomic mass is 9.98. The minimum atomic E-state index is -1.63. The highest BCUT2D eigenvalue weighted by molar-refractivity contribution is 6.50. The number of carbonyl (C=O) groups excluding carboxylic acids is 6. The molecule has 4 N–H and O–H groups in total. The lowest BCUT2D eigenvalue weighted by molar-refractivity contribution is -0.127. The fraction of sp³-hybridized carbons (Fsp3) is 0.182. The number of anilines is 4. The molecule has 0 aliphatic carbocycles. The van der Waals surface area contributed by atoms with Crippen LogP contribution in [0.2, 0.25) is 40.2 Å². The largest absolute Gasteiger partial charge is 0.323 e. The summed E-state index contributed by atoms with van der Waals surface area (Å²) in [7, 11) is 0. The van der Waals surface area contributed by atoms with Crippen LogP contribution in [0.15, 0.2) is 93.3 Å². The van der Waals surface area contributed by atoms with Crippen molar-refractivity contribution < 1.29 is 28.8 Å². The highest BCUT2D eigenvalue weighted by atomic mass is 35.5. The van der Waals surface area contributed by atoms with E-state index in [0.29, 0.717) is 35.3 Å². The zero-order chi connectivity index (χ0) is 48.6. The van der Waals surface area contributed by atoms with Gasteiger partial charge < -0.3 is 21.3 Å². The molecule has 2 unspecified atom stereocenters. The molecule has 66 heavy (non-hydrogen) atoms. The number of amides is 4. The fourth-order valence-corrected chi connectivity index (χ4v) is 7.58. The third-order valence-electron chi connectivity index (χ3n) is 9.47. The van der Waals surface area contributed by atoms with Crippen molar-refractivity contribution in [1.82, 2.24) is 0 Å². The molecule has 4 amide bonds. The third kappa shape index (κ3) is 12.4. The number of halogens is 8. The van der Waals surface area contributed by atoms with E-state index in [4.69, 9.17) is 92.8 Å². The molecule has 0 saturated carbocycles. The zero-order valence-corrected chi connectivity index (χ0v) is 40.8. The summed E-state index contributed by atoms with van der Waals surface area (Å²) in [5.41, 5.74) is 2.40. The highest BCUT2D eigenvalue weighted by Gasteiger charge is 2.28. The Morgan fingerprint density at radius 3 is 1.12 bits per heavy atom. The number of nitrogens with zero attached hydrogens (tertiary/aromatic N) is 4. The maximum Gasteiger partial charge on any atom is 0.258 e. The first-order valence-electron chi connectivity index (χ1n) is 19.3. The van der Waals surface area contributed by atoms with Crippen molar-refractivity contribution >= 4 is 162 Å². The van der Waals surface area contributed by atoms with E-state index in [9.17, 15) is 28.8 Å². The van der Waals surface area contributed by atoms with Gasteiger partial charge in [0, 0.05) is 22.5 Å². The first-order chi connectivity index (χ1) is 31.2. The van der Waals surface area contributed by atoms with E-state index >= 15 is 0 Å². The maximum atomic E-state index is 13.6. The average molecular weight is 1050 g/mol. The van der Waals surface area contributed by atoms with Gasteiger partial charge in [-0.1, -0.05) is 107 Å². The van der Waals surface area contributed by atoms with Gasteiger partial charge in [-0.3, -0.25) is 28.8 Å². The van der Waals surface area contributed by atoms with Gasteiger partial charge in [0.15, 0.2) is 11.6 Å². The van der Waals surface area contributed by atoms with Crippen LogP contribution < -0.4 is 21.3 Å². The predicted octanol–water partition coefficient (Wildman–Crippen LogP) is 13.9. The standard InChI is InChI=1S/C44H34Cl8N8O6/c1-5-23-24(6-2)30(54-44(66)40(20(4)62)60-58-34-18-22(8-10-26(34)46)42(64)56-32-14-12-28(48)36(50)38(32)52)16-15-29(23)53-43(65)39(19(3)61)59-57-33-17-21(7-9-25(33)45)41(63)55-31-13-11-27(47)35(49)37(31)51/h7-18,39-40H,5-6H2,1-4H3,(H,53,65)(H,54,66)(H,55,63)(H,56,64). The maximum absolute atomic E-state index is 13.6. The van der Waals surface area contributed by atoms with Crippen LogP contribution in [0.5, 0.6) is 0 Å². The highest BCUT2D eigenvalue weighted by Crippen LogP contribution is 2.38. The second-order valence-electron chi connectivity index (χ2n) is 13.9. The van der Waals surface area contributed by atoms with E-state index in [0.717, 1.165) is 13.8 Å². The van der Waals surface area contributed by atoms with Crippen LogP contribution in [0.4, 0.5) is 34.1 Å². The van der Waals surface area contributed by atoms with E-state index in [1.807, 2.05) is 13.8 Å². The van der Waals surface area contributed by atoms with Gasteiger partial charge in [-0.15, -0.1) is 0 Å². The Morgan fingerprint density at radius 1 is 0.455 bits per heavy atom. The number of hydrogen-bond acceptors (Lipinski definition) is 10. The Morgan fingerprint density at radius 2 is 0.788 bits per heavy atom. The van der Waals surface area contributed by atoms with Crippen molar-refractivity contribution in [3.05, 3.63) is 135 Å². The zero-order valence-electron chi connectivity index (χ0n) is 34.8. The van der Waals surface area contributed by atoms with E-state index in [1.54, 1.807) is 0 Å². The lowest BCUT2D eigenvalue weighted by Gasteiger charge is -2.20. The molecule has 2 atom stereocenters. The normalized spacial score (nSPS) is 12.2. The van der Waals surface area contributed by atoms with Crippen LogP contribution in [-0.4, -0.2) is 47.3 Å². The van der Waals surface area contributed by atoms with E-state index in [-0.39, 0.29) is 74.1 Å². The molecule has 342 valence electrons. The second-order valence-corrected chi connectivity index (χ2v) is 17.1. The summed E-state index contributed by atoms with van der Waals surface area (Å²) >= 11 is 49.3. The van der Waals surface area contributed by atoms with Gasteiger partial charge in [0.25, 0.3) is 23.6 Å². The van der Waals surface area contributed by atoms with Gasteiger partial charge in [0.2, 0.25) is 12.1 Å². The summed E-state index contributed by atoms with van der Waals surface area (Å²) in [5, 5.41) is 27.5. The summed E-state index contributed by atoms with van der Waals surface area (Å²) in [6.07, 6.45) is 0.727. The summed E-state index contributed by atoms with van der Waals surface area (Å²) in [5.74, 6) is -4.16. The first-order valence-corrected chi connectivity index (χ1v) is 22.4. The summed E-state index contributed by atoms with van der Waals surface area (Å²) in [6.45, 7) is 5.96. The molecule has 5 rings (SSSR count). The van der Waals surface area contributed by atoms with Crippen molar-refractivity contribution in [1.29, 1.82) is 0 Å². The summed E-state index contributed by atoms with van der Waals surface area (Å²) < 4.78 is 0. The van der Waals surface area contributed by atoms with Gasteiger partial charge in [-0.2, -0.15) is 20.5 Å². The van der Waals surface area contributed by atoms with Crippen LogP contribution in [0.25, 0.3) is 0 Å². The Hall–Kier alpha value is -5.16. The van der Waals surface area contributed by atoms with Gasteiger partial charge in [0.1, 0.15) is 11.4 Å². The van der Waals surface area contributed by atoms with E-state index < -0.39 is 47.3 Å². The molecule has 0 spiro atoms. The molecule has 0 radical (unpaired) electrons. The lowest BCUT2D eigenvalue weighted by Crippen LogP contribution is -2.33. The number of nitrogens with one attached hydrogen (secondary N) is 4. The summed E-state index contributed by atoms with van der Waals surface area (Å²) in [4.78, 5) is 78.9. The molecule has 0 aliphatic rings. The molecule has 14 nitrogen and oxygen atoms in total. The van der Waals surface area contributed by atoms with Crippen molar-refractivity contribution in [3.8, 4) is 0 Å². The first kappa shape index (κ1) is 51.8. The van der Waals surface area contributed by atoms with Crippen LogP contribution in [0, 0.1) is 0 Å². The molecule has 0 heterocycles. The third-order valence-corrected chi connectivity index (χ3v) is 12.7. The number of benzene rings is 5. The Balaban J connectivity index is 1.32. The monoisotopic (exact) mass is 1050 g/mol. The fourth-order valence-electron chi connectivity index (χ4n) is 6.11. The van der Waals surface area contributed by atoms with Crippen molar-refractivity contribution in [3.63, 3.8) is 0 Å². The van der Waals surface area contributed by atoms with Gasteiger partial charge in [-0.25, -0.2) is 0 Å². The molecule has 0 aromatic heterocycles. The van der Waals surface area contributed by atoms with Crippen molar-refractivity contribution in [2.24, 2.45) is 20.5 Å². The van der Waals surface area contributed by atoms with Crippen LogP contribution in [0.3, 0.4) is 0 Å². The number of azo groups is 2. The molecular formula is C44H34Cl8N8O6. The number of ketones is 2. The molecule has 0 fully saturated rings. The molecular weight excluding hydrogens is 1020 g/mol. The Bertz CT molecular complexity index is 2670. The van der Waals surface area contributed by atoms with Gasteiger partial charge in [-0.05, 0) is 111 Å². The molecule has 5 aromatic carbocycles. The SMILES string of the molecule is CCc1c(NC(=O)C(N=Nc2cc(C(=O)Nc3ccc(Cl)c(Cl)c3Cl)ccc2Cl)C(C)=O)ccc(NC(=O)C(N=Nc2cc(C(=O)Nc3ccc(Cl)c(Cl)c3Cl)ccc2Cl)C(C)=O)c1CC. The van der Waals surface area contributed by atoms with E-state index in [2.05, 4.69) is 41.7 Å². The second kappa shape index (κ2) is 23.0. The average Bonchev–Trinajstić information content (AvgIpc) is 3.27. The van der Waals surface area contributed by atoms with Crippen molar-refractivity contribution in [2.75, 3.05) is 21.3 Å². The van der Waals surface area contributed by atoms with E-state index in [1.165, 1.54) is 72.8 Å². The minimum absolute atomic E-state index is 0.0132. The number of carbonyl (C=O) groups is 6. The topological polar surface area (TPSA) is 200 Å². The summed E-state index contributed by atoms with van der Waals surface area (Å²) in [6, 6.07) is 13.9. The van der Waals surface area contributed by atoms with Crippen LogP contribution >= 0.6 is 92.8 Å². The van der Waals surface area contributed by atoms with Crippen molar-refractivity contribution in [2.45, 2.75) is 52.6 Å². The minimum Gasteiger partial charge on any atom is -0.323 e. The Labute approximate surface area is 417 Å². The van der Waals surface area contributed by atoms with Gasteiger partial charge >= 0.3 is 0 Å². The van der Waals surface area contributed by atoms with Crippen LogP contribution in [-0.2, 0) is 32.0 Å². The quantitative estimate of drug-likeness (QED) is 0.0430. The van der Waals surface area contributed by atoms with Crippen LogP contribution in [0.1, 0.15) is 59.5 Å². The molecule has 22 heteroatoms. The number of hydrogen-bond donors (Lipinski definition) is 4. The number of Topliss-reactive ketones (excluding diaryl/α,β-unsaturated/α-hetero) is 2. The molecule has 0 bridgehead atoms. The molecule has 5 aromatic rings. The molecule has 0 aliphatic heterocycles. The van der Waals surface area contributed by atoms with Gasteiger partial charge in [0.05, 0.1) is 51.6 Å². The predicted molar refractivity (Wildman–Crippen MR) is 262 cm³/mol. The molecule has 0 saturated heterocycles. The Kier molecular flexibility index (Phi) is 18.1. The smallest absolute Gasteiger partial charge is 0.258 e. The number of rotatable bonds is 16.